The van der Waals surface area contributed by atoms with E-state index in [1.165, 1.54) is 17.3 Å². The van der Waals surface area contributed by atoms with Gasteiger partial charge in [0.2, 0.25) is 6.61 Å². The van der Waals surface area contributed by atoms with E-state index in [9.17, 15) is 4.79 Å². The molecule has 6 nitrogen and oxygen atoms in total. The zero-order valence-corrected chi connectivity index (χ0v) is 25.9. The summed E-state index contributed by atoms with van der Waals surface area (Å²) >= 11 is 0. The van der Waals surface area contributed by atoms with Crippen LogP contribution in [0.2, 0.25) is 0 Å². The highest BCUT2D eigenvalue weighted by atomic mass is 16.6. The molecule has 4 rings (SSSR count). The normalized spacial score (nSPS) is 11.9. The number of hydrogen-bond acceptors (Lipinski definition) is 5. The Morgan fingerprint density at radius 2 is 1.23 bits per heavy atom. The number of ether oxygens (including phenoxy) is 2. The van der Waals surface area contributed by atoms with Crippen molar-refractivity contribution in [1.82, 2.24) is 0 Å². The third kappa shape index (κ3) is 9.20. The van der Waals surface area contributed by atoms with E-state index < -0.39 is 12.6 Å². The first-order valence-corrected chi connectivity index (χ1v) is 14.4. The summed E-state index contributed by atoms with van der Waals surface area (Å²) < 4.78 is 12.7. The van der Waals surface area contributed by atoms with Gasteiger partial charge in [-0.15, -0.1) is 0 Å². The lowest BCUT2D eigenvalue weighted by molar-refractivity contribution is -0.142. The van der Waals surface area contributed by atoms with Crippen molar-refractivity contribution in [2.45, 2.75) is 65.6 Å². The quantitative estimate of drug-likeness (QED) is 0.142. The average molecular weight is 580 g/mol. The minimum atomic E-state index is -1.08. The SMILES string of the molecule is CC(C)(C)c1ccc(COc2ccc(-c3cccc(/C=N/OCC(=O)O)c3)cc2OCc2ccc(C(C)(C)C)cc2)cc1. The number of carboxylic acid groups (broad SMARTS) is 1. The van der Waals surface area contributed by atoms with Crippen LogP contribution < -0.4 is 9.47 Å². The third-order valence-corrected chi connectivity index (χ3v) is 7.06. The predicted molar refractivity (Wildman–Crippen MR) is 172 cm³/mol. The van der Waals surface area contributed by atoms with Crippen LogP contribution in [0.3, 0.4) is 0 Å². The second kappa shape index (κ2) is 13.6. The van der Waals surface area contributed by atoms with Crippen molar-refractivity contribution in [3.63, 3.8) is 0 Å². The molecule has 0 bridgehead atoms. The molecule has 1 N–H and O–H groups in total. The van der Waals surface area contributed by atoms with E-state index in [4.69, 9.17) is 19.4 Å². The molecule has 0 aliphatic heterocycles. The molecule has 6 heteroatoms. The summed E-state index contributed by atoms with van der Waals surface area (Å²) in [5.41, 5.74) is 7.56. The van der Waals surface area contributed by atoms with Crippen molar-refractivity contribution < 1.29 is 24.2 Å². The van der Waals surface area contributed by atoms with Gasteiger partial charge in [0, 0.05) is 0 Å². The first kappa shape index (κ1) is 31.4. The molecular weight excluding hydrogens is 538 g/mol. The minimum absolute atomic E-state index is 0.0848. The van der Waals surface area contributed by atoms with Gasteiger partial charge in [0.25, 0.3) is 0 Å². The van der Waals surface area contributed by atoms with Crippen molar-refractivity contribution in [2.75, 3.05) is 6.61 Å². The van der Waals surface area contributed by atoms with E-state index >= 15 is 0 Å². The molecule has 0 fully saturated rings. The molecule has 0 saturated carbocycles. The Hall–Kier alpha value is -4.58. The highest BCUT2D eigenvalue weighted by Crippen LogP contribution is 2.34. The van der Waals surface area contributed by atoms with Gasteiger partial charge in [-0.1, -0.05) is 119 Å². The van der Waals surface area contributed by atoms with E-state index in [1.54, 1.807) is 0 Å². The molecule has 0 saturated heterocycles. The predicted octanol–water partition coefficient (Wildman–Crippen LogP) is 8.54. The van der Waals surface area contributed by atoms with Crippen molar-refractivity contribution in [1.29, 1.82) is 0 Å². The van der Waals surface area contributed by atoms with Gasteiger partial charge in [0.1, 0.15) is 13.2 Å². The highest BCUT2D eigenvalue weighted by molar-refractivity contribution is 5.82. The summed E-state index contributed by atoms with van der Waals surface area (Å²) in [6.45, 7) is 13.6. The number of oxime groups is 1. The molecule has 0 aromatic heterocycles. The molecule has 0 aliphatic rings. The Morgan fingerprint density at radius 3 is 1.77 bits per heavy atom. The van der Waals surface area contributed by atoms with Crippen LogP contribution in [0, 0.1) is 0 Å². The molecule has 4 aromatic rings. The van der Waals surface area contributed by atoms with E-state index in [1.807, 2.05) is 42.5 Å². The van der Waals surface area contributed by atoms with Gasteiger partial charge < -0.3 is 19.4 Å². The molecule has 224 valence electrons. The average Bonchev–Trinajstić information content (AvgIpc) is 2.97. The van der Waals surface area contributed by atoms with Gasteiger partial charge >= 0.3 is 5.97 Å². The molecule has 43 heavy (non-hydrogen) atoms. The van der Waals surface area contributed by atoms with Crippen molar-refractivity contribution in [3.8, 4) is 22.6 Å². The second-order valence-electron chi connectivity index (χ2n) is 12.7. The number of rotatable bonds is 11. The van der Waals surface area contributed by atoms with Crippen molar-refractivity contribution in [3.05, 3.63) is 119 Å². The standard InChI is InChI=1S/C37H41NO5/c1-36(2,3)31-15-10-26(11-16-31)23-41-33-19-14-30(29-9-7-8-28(20-29)22-38-43-25-35(39)40)21-34(33)42-24-27-12-17-32(18-13-27)37(4,5)6/h7-22H,23-25H2,1-6H3,(H,39,40)/b38-22+. The lowest BCUT2D eigenvalue weighted by Crippen LogP contribution is -2.11. The van der Waals surface area contributed by atoms with Gasteiger partial charge in [-0.3, -0.25) is 0 Å². The van der Waals surface area contributed by atoms with Gasteiger partial charge in [-0.25, -0.2) is 4.79 Å². The van der Waals surface area contributed by atoms with Crippen LogP contribution in [0.15, 0.2) is 96.2 Å². The fraction of sp³-hybridized carbons (Fsp3) is 0.297. The second-order valence-corrected chi connectivity index (χ2v) is 12.7. The summed E-state index contributed by atoms with van der Waals surface area (Å²) in [5, 5.41) is 12.5. The summed E-state index contributed by atoms with van der Waals surface area (Å²) in [6.07, 6.45) is 1.49. The number of nitrogens with zero attached hydrogens (tertiary/aromatic N) is 1. The minimum Gasteiger partial charge on any atom is -0.485 e. The molecule has 0 heterocycles. The zero-order chi connectivity index (χ0) is 31.0. The first-order valence-electron chi connectivity index (χ1n) is 14.4. The number of hydrogen-bond donors (Lipinski definition) is 1. The Bertz CT molecular complexity index is 1540. The lowest BCUT2D eigenvalue weighted by Gasteiger charge is -2.20. The Kier molecular flexibility index (Phi) is 9.92. The van der Waals surface area contributed by atoms with Crippen LogP contribution in [0.25, 0.3) is 11.1 Å². The summed E-state index contributed by atoms with van der Waals surface area (Å²) in [6, 6.07) is 30.7. The van der Waals surface area contributed by atoms with Gasteiger partial charge in [0.05, 0.1) is 6.21 Å². The molecule has 0 atom stereocenters. The highest BCUT2D eigenvalue weighted by Gasteiger charge is 2.15. The smallest absolute Gasteiger partial charge is 0.344 e. The molecule has 0 spiro atoms. The summed E-state index contributed by atoms with van der Waals surface area (Å²) in [5.74, 6) is 0.232. The van der Waals surface area contributed by atoms with E-state index in [0.29, 0.717) is 24.7 Å². The maximum Gasteiger partial charge on any atom is 0.344 e. The number of aliphatic carboxylic acids is 1. The fourth-order valence-corrected chi connectivity index (χ4v) is 4.43. The largest absolute Gasteiger partial charge is 0.485 e. The molecule has 4 aromatic carbocycles. The van der Waals surface area contributed by atoms with Gasteiger partial charge in [-0.05, 0) is 68.0 Å². The van der Waals surface area contributed by atoms with Crippen LogP contribution in [-0.2, 0) is 33.7 Å². The number of carboxylic acids is 1. The van der Waals surface area contributed by atoms with Crippen LogP contribution in [0.1, 0.15) is 69.4 Å². The molecular formula is C37H41NO5. The Balaban J connectivity index is 1.56. The zero-order valence-electron chi connectivity index (χ0n) is 25.9. The van der Waals surface area contributed by atoms with Crippen molar-refractivity contribution >= 4 is 12.2 Å². The topological polar surface area (TPSA) is 77.4 Å². The molecule has 0 amide bonds. The van der Waals surface area contributed by atoms with Crippen LogP contribution >= 0.6 is 0 Å². The van der Waals surface area contributed by atoms with E-state index in [0.717, 1.165) is 27.8 Å². The monoisotopic (exact) mass is 579 g/mol. The Morgan fingerprint density at radius 1 is 0.698 bits per heavy atom. The Labute approximate surface area is 254 Å². The van der Waals surface area contributed by atoms with Crippen LogP contribution in [-0.4, -0.2) is 23.9 Å². The first-order chi connectivity index (χ1) is 20.4. The molecule has 0 aliphatic carbocycles. The van der Waals surface area contributed by atoms with Crippen LogP contribution in [0.5, 0.6) is 11.5 Å². The molecule has 0 radical (unpaired) electrons. The van der Waals surface area contributed by atoms with Crippen LogP contribution in [0.4, 0.5) is 0 Å². The lowest BCUT2D eigenvalue weighted by atomic mass is 9.87. The summed E-state index contributed by atoms with van der Waals surface area (Å²) in [4.78, 5) is 15.5. The fourth-order valence-electron chi connectivity index (χ4n) is 4.43. The van der Waals surface area contributed by atoms with Crippen molar-refractivity contribution in [2.24, 2.45) is 5.16 Å². The number of benzene rings is 4. The summed E-state index contributed by atoms with van der Waals surface area (Å²) in [7, 11) is 0. The maximum absolute atomic E-state index is 10.7. The van der Waals surface area contributed by atoms with Gasteiger partial charge in [0.15, 0.2) is 11.5 Å². The van der Waals surface area contributed by atoms with E-state index in [-0.39, 0.29) is 10.8 Å². The number of carbonyl (C=O) groups is 1. The van der Waals surface area contributed by atoms with E-state index in [2.05, 4.69) is 95.2 Å². The maximum atomic E-state index is 10.7. The molecule has 0 unspecified atom stereocenters. The third-order valence-electron chi connectivity index (χ3n) is 7.06. The van der Waals surface area contributed by atoms with Gasteiger partial charge in [-0.2, -0.15) is 0 Å².